The van der Waals surface area contributed by atoms with E-state index < -0.39 is 4.92 Å². The zero-order valence-corrected chi connectivity index (χ0v) is 12.4. The van der Waals surface area contributed by atoms with E-state index in [1.807, 2.05) is 30.3 Å². The molecule has 0 atom stereocenters. The van der Waals surface area contributed by atoms with Gasteiger partial charge in [-0.15, -0.1) is 0 Å². The molecule has 0 N–H and O–H groups in total. The van der Waals surface area contributed by atoms with Gasteiger partial charge in [-0.25, -0.2) is 4.98 Å². The Hall–Kier alpha value is -3.02. The number of hydrogen-bond acceptors (Lipinski definition) is 4. The maximum absolute atomic E-state index is 12.4. The molecule has 23 heavy (non-hydrogen) atoms. The fraction of sp³-hybridized carbons (Fsp3) is 0.176. The van der Waals surface area contributed by atoms with Crippen LogP contribution in [0.5, 0.6) is 0 Å². The van der Waals surface area contributed by atoms with Crippen molar-refractivity contribution < 1.29 is 4.92 Å². The lowest BCUT2D eigenvalue weighted by Gasteiger charge is -2.06. The zero-order valence-electron chi connectivity index (χ0n) is 12.4. The minimum atomic E-state index is -0.508. The highest BCUT2D eigenvalue weighted by Gasteiger charge is 2.10. The summed E-state index contributed by atoms with van der Waals surface area (Å²) in [6, 6.07) is 14.2. The second-order valence-corrected chi connectivity index (χ2v) is 5.29. The Morgan fingerprint density at radius 1 is 1.13 bits per heavy atom. The van der Waals surface area contributed by atoms with E-state index in [1.165, 1.54) is 34.7 Å². The highest BCUT2D eigenvalue weighted by molar-refractivity contribution is 5.79. The highest BCUT2D eigenvalue weighted by atomic mass is 16.6. The minimum absolute atomic E-state index is 0.0987. The molecule has 0 fully saturated rings. The Bertz CT molecular complexity index is 904. The van der Waals surface area contributed by atoms with E-state index in [9.17, 15) is 14.9 Å². The summed E-state index contributed by atoms with van der Waals surface area (Å²) in [6.45, 7) is 0.527. The molecule has 6 heteroatoms. The number of fused-ring (bicyclic) bond motifs is 1. The van der Waals surface area contributed by atoms with Crippen molar-refractivity contribution in [3.05, 3.63) is 80.9 Å². The molecule has 0 aliphatic heterocycles. The van der Waals surface area contributed by atoms with E-state index in [0.29, 0.717) is 12.1 Å². The molecule has 0 saturated carbocycles. The molecular weight excluding hydrogens is 294 g/mol. The van der Waals surface area contributed by atoms with Crippen LogP contribution in [0.15, 0.2) is 59.7 Å². The van der Waals surface area contributed by atoms with Gasteiger partial charge in [0.25, 0.3) is 11.2 Å². The first-order valence-corrected chi connectivity index (χ1v) is 7.32. The molecule has 0 saturated heterocycles. The topological polar surface area (TPSA) is 78.0 Å². The lowest BCUT2D eigenvalue weighted by Crippen LogP contribution is -2.21. The Morgan fingerprint density at radius 2 is 1.91 bits per heavy atom. The van der Waals surface area contributed by atoms with Crippen LogP contribution in [0.25, 0.3) is 10.9 Å². The Kier molecular flexibility index (Phi) is 4.14. The summed E-state index contributed by atoms with van der Waals surface area (Å²) in [4.78, 5) is 27.0. The fourth-order valence-electron chi connectivity index (χ4n) is 2.52. The third kappa shape index (κ3) is 3.26. The summed E-state index contributed by atoms with van der Waals surface area (Å²) in [5.74, 6) is 0. The third-order valence-electron chi connectivity index (χ3n) is 3.73. The number of nitrogens with zero attached hydrogens (tertiary/aromatic N) is 3. The van der Waals surface area contributed by atoms with Crippen LogP contribution in [0, 0.1) is 10.1 Å². The van der Waals surface area contributed by atoms with Crippen LogP contribution in [0.2, 0.25) is 0 Å². The van der Waals surface area contributed by atoms with Crippen LogP contribution in [-0.2, 0) is 13.0 Å². The van der Waals surface area contributed by atoms with Gasteiger partial charge in [-0.1, -0.05) is 30.3 Å². The molecule has 0 aliphatic carbocycles. The molecule has 6 nitrogen and oxygen atoms in total. The first-order valence-electron chi connectivity index (χ1n) is 7.32. The van der Waals surface area contributed by atoms with Gasteiger partial charge in [0.2, 0.25) is 0 Å². The van der Waals surface area contributed by atoms with Gasteiger partial charge in [0.15, 0.2) is 0 Å². The molecule has 1 aromatic heterocycles. The SMILES string of the molecule is O=c1c2cc([N+](=O)[O-])ccc2ncn1CCCc1ccccc1. The third-order valence-corrected chi connectivity index (χ3v) is 3.73. The average molecular weight is 309 g/mol. The zero-order chi connectivity index (χ0) is 16.2. The van der Waals surface area contributed by atoms with Crippen LogP contribution in [0.3, 0.4) is 0 Å². The van der Waals surface area contributed by atoms with Crippen molar-refractivity contribution in [1.82, 2.24) is 9.55 Å². The monoisotopic (exact) mass is 309 g/mol. The van der Waals surface area contributed by atoms with Crippen LogP contribution >= 0.6 is 0 Å². The van der Waals surface area contributed by atoms with E-state index >= 15 is 0 Å². The minimum Gasteiger partial charge on any atom is -0.299 e. The normalized spacial score (nSPS) is 10.8. The van der Waals surface area contributed by atoms with Gasteiger partial charge in [0.1, 0.15) is 0 Å². The van der Waals surface area contributed by atoms with Gasteiger partial charge in [-0.2, -0.15) is 0 Å². The average Bonchev–Trinajstić information content (AvgIpc) is 2.57. The van der Waals surface area contributed by atoms with Crippen LogP contribution in [0.4, 0.5) is 5.69 Å². The van der Waals surface area contributed by atoms with Crippen LogP contribution in [0.1, 0.15) is 12.0 Å². The highest BCUT2D eigenvalue weighted by Crippen LogP contribution is 2.16. The van der Waals surface area contributed by atoms with E-state index in [-0.39, 0.29) is 16.6 Å². The summed E-state index contributed by atoms with van der Waals surface area (Å²) in [7, 11) is 0. The van der Waals surface area contributed by atoms with Crippen molar-refractivity contribution in [3.8, 4) is 0 Å². The fourth-order valence-corrected chi connectivity index (χ4v) is 2.52. The standard InChI is InChI=1S/C17H15N3O3/c21-17-15-11-14(20(22)23)8-9-16(15)18-12-19(17)10-4-7-13-5-2-1-3-6-13/h1-3,5-6,8-9,11-12H,4,7,10H2. The first-order chi connectivity index (χ1) is 11.1. The van der Waals surface area contributed by atoms with Gasteiger partial charge in [0.05, 0.1) is 22.2 Å². The molecule has 0 radical (unpaired) electrons. The summed E-state index contributed by atoms with van der Waals surface area (Å²) in [6.07, 6.45) is 3.16. The van der Waals surface area contributed by atoms with Gasteiger partial charge >= 0.3 is 0 Å². The van der Waals surface area contributed by atoms with Crippen molar-refractivity contribution in [2.24, 2.45) is 0 Å². The van der Waals surface area contributed by atoms with Gasteiger partial charge in [-0.3, -0.25) is 19.5 Å². The molecule has 3 rings (SSSR count). The van der Waals surface area contributed by atoms with Crippen LogP contribution < -0.4 is 5.56 Å². The van der Waals surface area contributed by atoms with Crippen molar-refractivity contribution in [3.63, 3.8) is 0 Å². The smallest absolute Gasteiger partial charge is 0.270 e. The number of nitro benzene ring substituents is 1. The molecule has 0 spiro atoms. The maximum Gasteiger partial charge on any atom is 0.270 e. The number of rotatable bonds is 5. The predicted octanol–water partition coefficient (Wildman–Crippen LogP) is 2.94. The number of aryl methyl sites for hydroxylation is 2. The van der Waals surface area contributed by atoms with Crippen LogP contribution in [-0.4, -0.2) is 14.5 Å². The number of hydrogen-bond donors (Lipinski definition) is 0. The number of non-ortho nitro benzene ring substituents is 1. The molecule has 2 aromatic carbocycles. The summed E-state index contributed by atoms with van der Waals surface area (Å²) in [5, 5.41) is 11.1. The van der Waals surface area contributed by atoms with Gasteiger partial charge in [0, 0.05) is 18.7 Å². The summed E-state index contributed by atoms with van der Waals surface area (Å²) < 4.78 is 1.51. The first kappa shape index (κ1) is 14.9. The molecular formula is C17H15N3O3. The quantitative estimate of drug-likeness (QED) is 0.536. The molecule has 116 valence electrons. The number of nitro groups is 1. The number of benzene rings is 2. The lowest BCUT2D eigenvalue weighted by atomic mass is 10.1. The molecule has 0 aliphatic rings. The Labute approximate surface area is 132 Å². The molecule has 0 amide bonds. The molecule has 1 heterocycles. The van der Waals surface area contributed by atoms with Gasteiger partial charge < -0.3 is 0 Å². The Balaban J connectivity index is 1.82. The van der Waals surface area contributed by atoms with Crippen molar-refractivity contribution >= 4 is 16.6 Å². The Morgan fingerprint density at radius 3 is 2.65 bits per heavy atom. The maximum atomic E-state index is 12.4. The van der Waals surface area contributed by atoms with Crippen molar-refractivity contribution in [2.75, 3.05) is 0 Å². The predicted molar refractivity (Wildman–Crippen MR) is 87.4 cm³/mol. The second-order valence-electron chi connectivity index (χ2n) is 5.29. The van der Waals surface area contributed by atoms with E-state index in [0.717, 1.165) is 12.8 Å². The molecule has 0 bridgehead atoms. The summed E-state index contributed by atoms with van der Waals surface area (Å²) in [5.41, 5.74) is 1.34. The van der Waals surface area contributed by atoms with Crippen molar-refractivity contribution in [1.29, 1.82) is 0 Å². The van der Waals surface area contributed by atoms with E-state index in [4.69, 9.17) is 0 Å². The largest absolute Gasteiger partial charge is 0.299 e. The number of aromatic nitrogens is 2. The lowest BCUT2D eigenvalue weighted by molar-refractivity contribution is -0.384. The summed E-state index contributed by atoms with van der Waals surface area (Å²) >= 11 is 0. The van der Waals surface area contributed by atoms with E-state index in [2.05, 4.69) is 4.98 Å². The van der Waals surface area contributed by atoms with E-state index in [1.54, 1.807) is 0 Å². The molecule has 3 aromatic rings. The van der Waals surface area contributed by atoms with Gasteiger partial charge in [-0.05, 0) is 24.5 Å². The second kappa shape index (κ2) is 6.39. The molecule has 0 unspecified atom stereocenters. The van der Waals surface area contributed by atoms with Crippen molar-refractivity contribution in [2.45, 2.75) is 19.4 Å².